The highest BCUT2D eigenvalue weighted by atomic mass is 16.4. The fourth-order valence-corrected chi connectivity index (χ4v) is 2.86. The summed E-state index contributed by atoms with van der Waals surface area (Å²) in [5.74, 6) is -0.740. The van der Waals surface area contributed by atoms with Crippen LogP contribution in [0.5, 0.6) is 0 Å². The lowest BCUT2D eigenvalue weighted by Gasteiger charge is -2.29. The van der Waals surface area contributed by atoms with E-state index in [9.17, 15) is 9.90 Å². The van der Waals surface area contributed by atoms with Gasteiger partial charge in [0.25, 0.3) is 0 Å². The molecule has 2 N–H and O–H groups in total. The van der Waals surface area contributed by atoms with Crippen LogP contribution in [0.2, 0.25) is 0 Å². The number of carboxylic acids is 1. The van der Waals surface area contributed by atoms with Crippen LogP contribution < -0.4 is 5.32 Å². The van der Waals surface area contributed by atoms with Crippen LogP contribution in [-0.4, -0.2) is 16.6 Å². The van der Waals surface area contributed by atoms with Crippen LogP contribution in [-0.2, 0) is 4.79 Å². The first-order chi connectivity index (χ1) is 8.35. The molecule has 1 aliphatic carbocycles. The van der Waals surface area contributed by atoms with E-state index >= 15 is 0 Å². The fourth-order valence-electron chi connectivity index (χ4n) is 2.86. The molecular weight excluding hydrogens is 226 g/mol. The molecule has 1 aliphatic rings. The first-order valence-corrected chi connectivity index (χ1v) is 6.42. The number of anilines is 1. The Balaban J connectivity index is 2.29. The van der Waals surface area contributed by atoms with Crippen molar-refractivity contribution in [2.45, 2.75) is 45.6 Å². The number of benzene rings is 1. The lowest BCUT2D eigenvalue weighted by atomic mass is 9.87. The number of aliphatic carboxylic acids is 1. The van der Waals surface area contributed by atoms with Gasteiger partial charge in [0.05, 0.1) is 0 Å². The van der Waals surface area contributed by atoms with E-state index in [0.29, 0.717) is 12.8 Å². The lowest BCUT2D eigenvalue weighted by molar-refractivity contribution is -0.142. The normalized spacial score (nSPS) is 25.9. The predicted octanol–water partition coefficient (Wildman–Crippen LogP) is 3.44. The Morgan fingerprint density at radius 2 is 1.94 bits per heavy atom. The van der Waals surface area contributed by atoms with Crippen molar-refractivity contribution in [3.8, 4) is 0 Å². The maximum Gasteiger partial charge on any atom is 0.329 e. The highest BCUT2D eigenvalue weighted by molar-refractivity contribution is 5.83. The average Bonchev–Trinajstić information content (AvgIpc) is 2.59. The Labute approximate surface area is 108 Å². The van der Waals surface area contributed by atoms with Gasteiger partial charge in [0.15, 0.2) is 0 Å². The van der Waals surface area contributed by atoms with Gasteiger partial charge in [-0.2, -0.15) is 0 Å². The minimum Gasteiger partial charge on any atom is -0.480 e. The average molecular weight is 247 g/mol. The van der Waals surface area contributed by atoms with Gasteiger partial charge in [-0.25, -0.2) is 4.79 Å². The topological polar surface area (TPSA) is 49.3 Å². The summed E-state index contributed by atoms with van der Waals surface area (Å²) in [6, 6.07) is 7.85. The monoisotopic (exact) mass is 247 g/mol. The van der Waals surface area contributed by atoms with Gasteiger partial charge in [-0.15, -0.1) is 0 Å². The van der Waals surface area contributed by atoms with Gasteiger partial charge >= 0.3 is 5.97 Å². The number of para-hydroxylation sites is 1. The number of hydrogen-bond donors (Lipinski definition) is 2. The summed E-state index contributed by atoms with van der Waals surface area (Å²) in [5.41, 5.74) is 1.30. The third kappa shape index (κ3) is 2.35. The van der Waals surface area contributed by atoms with Crippen molar-refractivity contribution in [3.63, 3.8) is 0 Å². The Kier molecular flexibility index (Phi) is 3.09. The molecule has 3 heteroatoms. The largest absolute Gasteiger partial charge is 0.480 e. The van der Waals surface area contributed by atoms with Crippen LogP contribution in [0.4, 0.5) is 5.69 Å². The maximum atomic E-state index is 11.7. The van der Waals surface area contributed by atoms with E-state index in [4.69, 9.17) is 0 Å². The molecule has 98 valence electrons. The molecular formula is C15H21NO2. The Hall–Kier alpha value is -1.51. The molecule has 1 saturated carbocycles. The number of carbonyl (C=O) groups is 1. The van der Waals surface area contributed by atoms with E-state index in [-0.39, 0.29) is 5.41 Å². The van der Waals surface area contributed by atoms with Gasteiger partial charge in [0.2, 0.25) is 0 Å². The zero-order valence-corrected chi connectivity index (χ0v) is 11.3. The van der Waals surface area contributed by atoms with Crippen molar-refractivity contribution in [1.29, 1.82) is 0 Å². The van der Waals surface area contributed by atoms with Crippen LogP contribution in [0, 0.1) is 12.3 Å². The number of aryl methyl sites for hydroxylation is 1. The highest BCUT2D eigenvalue weighted by Crippen LogP contribution is 2.45. The zero-order chi connectivity index (χ0) is 13.4. The van der Waals surface area contributed by atoms with Crippen LogP contribution in [0.1, 0.15) is 38.7 Å². The maximum absolute atomic E-state index is 11.7. The van der Waals surface area contributed by atoms with Crippen molar-refractivity contribution in [3.05, 3.63) is 29.8 Å². The number of rotatable bonds is 3. The molecule has 2 rings (SSSR count). The zero-order valence-electron chi connectivity index (χ0n) is 11.3. The van der Waals surface area contributed by atoms with Crippen LogP contribution in [0.25, 0.3) is 0 Å². The van der Waals surface area contributed by atoms with E-state index < -0.39 is 11.5 Å². The van der Waals surface area contributed by atoms with E-state index in [1.165, 1.54) is 0 Å². The molecule has 1 unspecified atom stereocenters. The molecule has 0 saturated heterocycles. The number of carboxylic acid groups (broad SMARTS) is 1. The Bertz CT molecular complexity index is 467. The van der Waals surface area contributed by atoms with E-state index in [2.05, 4.69) is 19.2 Å². The second-order valence-corrected chi connectivity index (χ2v) is 6.17. The summed E-state index contributed by atoms with van der Waals surface area (Å²) < 4.78 is 0. The lowest BCUT2D eigenvalue weighted by Crippen LogP contribution is -2.44. The molecule has 1 aromatic rings. The Morgan fingerprint density at radius 3 is 2.44 bits per heavy atom. The summed E-state index contributed by atoms with van der Waals surface area (Å²) in [4.78, 5) is 11.7. The molecule has 0 aliphatic heterocycles. The fraction of sp³-hybridized carbons (Fsp3) is 0.533. The standard InChI is InChI=1S/C15H21NO2/c1-11-6-4-5-7-12(11)16-15(13(17)18)9-8-14(2,3)10-15/h4-7,16H,8-10H2,1-3H3,(H,17,18). The van der Waals surface area contributed by atoms with Crippen molar-refractivity contribution in [2.24, 2.45) is 5.41 Å². The summed E-state index contributed by atoms with van der Waals surface area (Å²) in [6.07, 6.45) is 2.30. The van der Waals surface area contributed by atoms with E-state index in [1.54, 1.807) is 0 Å². The Morgan fingerprint density at radius 1 is 1.28 bits per heavy atom. The van der Waals surface area contributed by atoms with Crippen molar-refractivity contribution >= 4 is 11.7 Å². The second kappa shape index (κ2) is 4.30. The quantitative estimate of drug-likeness (QED) is 0.860. The van der Waals surface area contributed by atoms with E-state index in [0.717, 1.165) is 17.7 Å². The summed E-state index contributed by atoms with van der Waals surface area (Å²) >= 11 is 0. The van der Waals surface area contributed by atoms with Crippen molar-refractivity contribution < 1.29 is 9.90 Å². The van der Waals surface area contributed by atoms with Gasteiger partial charge in [-0.05, 0) is 43.2 Å². The summed E-state index contributed by atoms with van der Waals surface area (Å²) in [7, 11) is 0. The van der Waals surface area contributed by atoms with Crippen LogP contribution >= 0.6 is 0 Å². The minimum absolute atomic E-state index is 0.0913. The molecule has 0 radical (unpaired) electrons. The molecule has 1 atom stereocenters. The third-order valence-electron chi connectivity index (χ3n) is 3.94. The van der Waals surface area contributed by atoms with Gasteiger partial charge in [-0.1, -0.05) is 32.0 Å². The predicted molar refractivity (Wildman–Crippen MR) is 72.8 cm³/mol. The van der Waals surface area contributed by atoms with E-state index in [1.807, 2.05) is 31.2 Å². The molecule has 0 heterocycles. The molecule has 0 aromatic heterocycles. The minimum atomic E-state index is -0.810. The smallest absolute Gasteiger partial charge is 0.329 e. The third-order valence-corrected chi connectivity index (χ3v) is 3.94. The van der Waals surface area contributed by atoms with Gasteiger partial charge in [0, 0.05) is 5.69 Å². The summed E-state index contributed by atoms with van der Waals surface area (Å²) in [5, 5.41) is 12.9. The van der Waals surface area contributed by atoms with Crippen LogP contribution in [0.3, 0.4) is 0 Å². The molecule has 1 fully saturated rings. The van der Waals surface area contributed by atoms with Gasteiger partial charge < -0.3 is 10.4 Å². The first kappa shape index (κ1) is 12.9. The molecule has 0 amide bonds. The summed E-state index contributed by atoms with van der Waals surface area (Å²) in [6.45, 7) is 6.27. The van der Waals surface area contributed by atoms with Crippen LogP contribution in [0.15, 0.2) is 24.3 Å². The first-order valence-electron chi connectivity index (χ1n) is 6.42. The number of hydrogen-bond acceptors (Lipinski definition) is 2. The molecule has 1 aromatic carbocycles. The molecule has 3 nitrogen and oxygen atoms in total. The van der Waals surface area contributed by atoms with Crippen molar-refractivity contribution in [2.75, 3.05) is 5.32 Å². The highest BCUT2D eigenvalue weighted by Gasteiger charge is 2.48. The van der Waals surface area contributed by atoms with Gasteiger partial charge in [-0.3, -0.25) is 0 Å². The molecule has 18 heavy (non-hydrogen) atoms. The second-order valence-electron chi connectivity index (χ2n) is 6.17. The van der Waals surface area contributed by atoms with Gasteiger partial charge in [0.1, 0.15) is 5.54 Å². The number of nitrogens with one attached hydrogen (secondary N) is 1. The SMILES string of the molecule is Cc1ccccc1NC1(C(=O)O)CCC(C)(C)C1. The molecule has 0 bridgehead atoms. The van der Waals surface area contributed by atoms with Crippen molar-refractivity contribution in [1.82, 2.24) is 0 Å². The molecule has 0 spiro atoms.